The lowest BCUT2D eigenvalue weighted by Gasteiger charge is -2.19. The Hall–Kier alpha value is -1.84. The summed E-state index contributed by atoms with van der Waals surface area (Å²) in [5.41, 5.74) is 0.112. The van der Waals surface area contributed by atoms with E-state index in [-0.39, 0.29) is 16.1 Å². The minimum atomic E-state index is -3.74. The number of carbonyl (C=O) groups excluding carboxylic acids is 1. The van der Waals surface area contributed by atoms with Crippen LogP contribution in [-0.2, 0) is 10.0 Å². The van der Waals surface area contributed by atoms with Crippen molar-refractivity contribution < 1.29 is 22.0 Å². The Morgan fingerprint density at radius 2 is 1.73 bits per heavy atom. The van der Waals surface area contributed by atoms with Crippen LogP contribution in [0.4, 0.5) is 14.5 Å². The molecule has 0 aliphatic rings. The van der Waals surface area contributed by atoms with E-state index in [9.17, 15) is 22.0 Å². The zero-order valence-corrected chi connectivity index (χ0v) is 16.5. The van der Waals surface area contributed by atoms with E-state index in [0.29, 0.717) is 17.6 Å². The van der Waals surface area contributed by atoms with Gasteiger partial charge in [0.05, 0.1) is 10.5 Å². The molecule has 26 heavy (non-hydrogen) atoms. The molecule has 0 bridgehead atoms. The first-order chi connectivity index (χ1) is 12.2. The number of nitrogens with zero attached hydrogens (tertiary/aromatic N) is 1. The van der Waals surface area contributed by atoms with Crippen molar-refractivity contribution in [1.29, 1.82) is 0 Å². The zero-order chi connectivity index (χ0) is 19.5. The van der Waals surface area contributed by atoms with Crippen molar-refractivity contribution >= 4 is 37.5 Å². The second-order valence-corrected chi connectivity index (χ2v) is 8.11. The molecule has 2 aromatic rings. The molecule has 0 heterocycles. The first-order valence-electron chi connectivity index (χ1n) is 7.76. The average molecular weight is 447 g/mol. The molecular formula is C17H17BrF2N2O3S. The normalized spacial score (nSPS) is 11.6. The van der Waals surface area contributed by atoms with Crippen LogP contribution in [0.1, 0.15) is 24.2 Å². The second-order valence-electron chi connectivity index (χ2n) is 5.31. The predicted octanol–water partition coefficient (Wildman–Crippen LogP) is 4.01. The van der Waals surface area contributed by atoms with Crippen LogP contribution in [0.25, 0.3) is 0 Å². The van der Waals surface area contributed by atoms with Crippen LogP contribution in [0.5, 0.6) is 0 Å². The number of benzene rings is 2. The summed E-state index contributed by atoms with van der Waals surface area (Å²) in [7, 11) is -3.74. The van der Waals surface area contributed by atoms with E-state index in [4.69, 9.17) is 0 Å². The molecule has 0 aromatic heterocycles. The first kappa shape index (κ1) is 20.5. The lowest BCUT2D eigenvalue weighted by atomic mass is 10.2. The van der Waals surface area contributed by atoms with Gasteiger partial charge in [-0.1, -0.05) is 13.8 Å². The third-order valence-electron chi connectivity index (χ3n) is 3.70. The van der Waals surface area contributed by atoms with Crippen molar-refractivity contribution in [2.24, 2.45) is 0 Å². The standard InChI is InChI=1S/C17H17BrF2N2O3S/c1-3-22(4-2)26(24,25)12-6-7-14(18)13(10-12)17(23)21-11-5-8-15(19)16(20)9-11/h5-10H,3-4H2,1-2H3,(H,21,23). The third kappa shape index (κ3) is 4.28. The summed E-state index contributed by atoms with van der Waals surface area (Å²) in [6, 6.07) is 7.04. The smallest absolute Gasteiger partial charge is 0.256 e. The molecule has 1 amide bonds. The van der Waals surface area contributed by atoms with Gasteiger partial charge in [-0.2, -0.15) is 4.31 Å². The highest BCUT2D eigenvalue weighted by Crippen LogP contribution is 2.24. The van der Waals surface area contributed by atoms with Crippen molar-refractivity contribution in [3.63, 3.8) is 0 Å². The highest BCUT2D eigenvalue weighted by Gasteiger charge is 2.24. The van der Waals surface area contributed by atoms with Crippen molar-refractivity contribution in [3.8, 4) is 0 Å². The summed E-state index contributed by atoms with van der Waals surface area (Å²) in [5.74, 6) is -2.78. The third-order valence-corrected chi connectivity index (χ3v) is 6.44. The van der Waals surface area contributed by atoms with Crippen molar-refractivity contribution in [1.82, 2.24) is 4.31 Å². The molecule has 0 aliphatic heterocycles. The van der Waals surface area contributed by atoms with Crippen LogP contribution in [-0.4, -0.2) is 31.7 Å². The van der Waals surface area contributed by atoms with Crippen molar-refractivity contribution in [3.05, 3.63) is 58.1 Å². The molecule has 140 valence electrons. The SMILES string of the molecule is CCN(CC)S(=O)(=O)c1ccc(Br)c(C(=O)Nc2ccc(F)c(F)c2)c1. The van der Waals surface area contributed by atoms with Crippen LogP contribution in [0, 0.1) is 11.6 Å². The molecule has 0 radical (unpaired) electrons. The molecule has 9 heteroatoms. The molecule has 0 aliphatic carbocycles. The summed E-state index contributed by atoms with van der Waals surface area (Å²) in [4.78, 5) is 12.4. The molecule has 1 N–H and O–H groups in total. The van der Waals surface area contributed by atoms with Crippen LogP contribution < -0.4 is 5.32 Å². The summed E-state index contributed by atoms with van der Waals surface area (Å²) < 4.78 is 53.1. The van der Waals surface area contributed by atoms with Crippen LogP contribution in [0.3, 0.4) is 0 Å². The maximum absolute atomic E-state index is 13.3. The lowest BCUT2D eigenvalue weighted by molar-refractivity contribution is 0.102. The Balaban J connectivity index is 2.37. The maximum atomic E-state index is 13.3. The number of hydrogen-bond donors (Lipinski definition) is 1. The molecule has 0 atom stereocenters. The average Bonchev–Trinajstić information content (AvgIpc) is 2.59. The fraction of sp³-hybridized carbons (Fsp3) is 0.235. The monoisotopic (exact) mass is 446 g/mol. The van der Waals surface area contributed by atoms with E-state index in [1.807, 2.05) is 0 Å². The van der Waals surface area contributed by atoms with E-state index in [0.717, 1.165) is 12.1 Å². The van der Waals surface area contributed by atoms with Gasteiger partial charge in [-0.25, -0.2) is 17.2 Å². The van der Waals surface area contributed by atoms with Gasteiger partial charge in [-0.15, -0.1) is 0 Å². The summed E-state index contributed by atoms with van der Waals surface area (Å²) in [6.07, 6.45) is 0. The second kappa shape index (κ2) is 8.24. The van der Waals surface area contributed by atoms with Crippen LogP contribution in [0.15, 0.2) is 45.8 Å². The number of rotatable bonds is 6. The van der Waals surface area contributed by atoms with Crippen molar-refractivity contribution in [2.45, 2.75) is 18.7 Å². The quantitative estimate of drug-likeness (QED) is 0.728. The van der Waals surface area contributed by atoms with E-state index >= 15 is 0 Å². The number of halogens is 3. The van der Waals surface area contributed by atoms with Gasteiger partial charge in [0.15, 0.2) is 11.6 Å². The van der Waals surface area contributed by atoms with Gasteiger partial charge in [0.1, 0.15) is 0 Å². The van der Waals surface area contributed by atoms with Gasteiger partial charge < -0.3 is 5.32 Å². The minimum Gasteiger partial charge on any atom is -0.322 e. The number of amides is 1. The Morgan fingerprint density at radius 3 is 2.31 bits per heavy atom. The van der Waals surface area contributed by atoms with Gasteiger partial charge in [0, 0.05) is 29.3 Å². The number of sulfonamides is 1. The summed E-state index contributed by atoms with van der Waals surface area (Å²) >= 11 is 3.21. The molecule has 0 unspecified atom stereocenters. The molecule has 0 saturated heterocycles. The Bertz CT molecular complexity index is 932. The van der Waals surface area contributed by atoms with Gasteiger partial charge in [-0.3, -0.25) is 4.79 Å². The molecular weight excluding hydrogens is 430 g/mol. The van der Waals surface area contributed by atoms with E-state index in [1.54, 1.807) is 13.8 Å². The molecule has 5 nitrogen and oxygen atoms in total. The van der Waals surface area contributed by atoms with Gasteiger partial charge >= 0.3 is 0 Å². The fourth-order valence-electron chi connectivity index (χ4n) is 2.32. The van der Waals surface area contributed by atoms with Gasteiger partial charge in [0.25, 0.3) is 5.91 Å². The molecule has 2 aromatic carbocycles. The topological polar surface area (TPSA) is 66.5 Å². The minimum absolute atomic E-state index is 0.0279. The zero-order valence-electron chi connectivity index (χ0n) is 14.1. The molecule has 0 saturated carbocycles. The number of nitrogens with one attached hydrogen (secondary N) is 1. The maximum Gasteiger partial charge on any atom is 0.256 e. The molecule has 2 rings (SSSR count). The van der Waals surface area contributed by atoms with Gasteiger partial charge in [-0.05, 0) is 46.3 Å². The summed E-state index contributed by atoms with van der Waals surface area (Å²) in [5, 5.41) is 2.42. The van der Waals surface area contributed by atoms with Crippen LogP contribution >= 0.6 is 15.9 Å². The number of hydrogen-bond acceptors (Lipinski definition) is 3. The Morgan fingerprint density at radius 1 is 1.08 bits per heavy atom. The molecule has 0 fully saturated rings. The Labute approximate surface area is 159 Å². The largest absolute Gasteiger partial charge is 0.322 e. The number of anilines is 1. The number of carbonyl (C=O) groups is 1. The first-order valence-corrected chi connectivity index (χ1v) is 10.00. The van der Waals surface area contributed by atoms with E-state index < -0.39 is 27.6 Å². The summed E-state index contributed by atoms with van der Waals surface area (Å²) in [6.45, 7) is 4.03. The van der Waals surface area contributed by atoms with E-state index in [1.165, 1.54) is 28.6 Å². The highest BCUT2D eigenvalue weighted by molar-refractivity contribution is 9.10. The fourth-order valence-corrected chi connectivity index (χ4v) is 4.24. The van der Waals surface area contributed by atoms with Crippen LogP contribution in [0.2, 0.25) is 0 Å². The van der Waals surface area contributed by atoms with E-state index in [2.05, 4.69) is 21.2 Å². The Kier molecular flexibility index (Phi) is 6.48. The highest BCUT2D eigenvalue weighted by atomic mass is 79.9. The lowest BCUT2D eigenvalue weighted by Crippen LogP contribution is -2.30. The molecule has 0 spiro atoms. The predicted molar refractivity (Wildman–Crippen MR) is 98.6 cm³/mol. The van der Waals surface area contributed by atoms with Crippen molar-refractivity contribution in [2.75, 3.05) is 18.4 Å². The van der Waals surface area contributed by atoms with Gasteiger partial charge in [0.2, 0.25) is 10.0 Å².